The van der Waals surface area contributed by atoms with Crippen LogP contribution in [0.3, 0.4) is 0 Å². The van der Waals surface area contributed by atoms with Gasteiger partial charge in [0.25, 0.3) is 0 Å². The lowest BCUT2D eigenvalue weighted by Gasteiger charge is -2.62. The summed E-state index contributed by atoms with van der Waals surface area (Å²) in [5, 5.41) is 30.8. The molecular formula is C24H40O4. The van der Waals surface area contributed by atoms with Gasteiger partial charge in [0.1, 0.15) is 0 Å². The van der Waals surface area contributed by atoms with Gasteiger partial charge in [0.15, 0.2) is 0 Å². The van der Waals surface area contributed by atoms with Crippen LogP contribution in [-0.2, 0) is 4.79 Å². The van der Waals surface area contributed by atoms with Crippen LogP contribution >= 0.6 is 0 Å². The van der Waals surface area contributed by atoms with Crippen LogP contribution in [0.25, 0.3) is 0 Å². The average molecular weight is 393 g/mol. The summed E-state index contributed by atoms with van der Waals surface area (Å²) in [5.74, 6) is 2.55. The van der Waals surface area contributed by atoms with E-state index in [0.29, 0.717) is 35.5 Å². The summed E-state index contributed by atoms with van der Waals surface area (Å²) >= 11 is 0. The van der Waals surface area contributed by atoms with Gasteiger partial charge in [0.2, 0.25) is 0 Å². The van der Waals surface area contributed by atoms with Crippen molar-refractivity contribution in [2.45, 2.75) is 97.2 Å². The third-order valence-electron chi connectivity index (χ3n) is 10.3. The lowest BCUT2D eigenvalue weighted by Crippen LogP contribution is -2.58. The molecule has 4 heteroatoms. The molecule has 0 aromatic heterocycles. The fourth-order valence-corrected chi connectivity index (χ4v) is 8.71. The molecule has 4 saturated carbocycles. The van der Waals surface area contributed by atoms with Crippen molar-refractivity contribution in [3.05, 3.63) is 0 Å². The van der Waals surface area contributed by atoms with E-state index in [0.717, 1.165) is 38.5 Å². The Bertz CT molecular complexity index is 605. The van der Waals surface area contributed by atoms with Crippen LogP contribution in [-0.4, -0.2) is 33.5 Å². The van der Waals surface area contributed by atoms with E-state index in [4.69, 9.17) is 5.11 Å². The SMILES string of the molecule is CC(CCC(=O)O)[C@@H]1CC[C@@H]2[C@H]3CC[C@H]4C[C@H](O)CC[C@@]4(C)C3C[C@@H](O)[C@]21C. The van der Waals surface area contributed by atoms with Gasteiger partial charge in [-0.1, -0.05) is 20.8 Å². The number of carbonyl (C=O) groups is 1. The Morgan fingerprint density at radius 3 is 2.50 bits per heavy atom. The molecule has 28 heavy (non-hydrogen) atoms. The fourth-order valence-electron chi connectivity index (χ4n) is 8.71. The average Bonchev–Trinajstić information content (AvgIpc) is 3.00. The molecule has 4 rings (SSSR count). The normalized spacial score (nSPS) is 51.7. The molecule has 10 atom stereocenters. The first-order chi connectivity index (χ1) is 13.2. The van der Waals surface area contributed by atoms with Gasteiger partial charge in [0.05, 0.1) is 12.2 Å². The van der Waals surface area contributed by atoms with Crippen LogP contribution in [0.4, 0.5) is 0 Å². The predicted molar refractivity (Wildman–Crippen MR) is 109 cm³/mol. The monoisotopic (exact) mass is 392 g/mol. The number of carboxylic acid groups (broad SMARTS) is 1. The van der Waals surface area contributed by atoms with Crippen LogP contribution < -0.4 is 0 Å². The Kier molecular flexibility index (Phi) is 5.36. The molecule has 0 aliphatic heterocycles. The summed E-state index contributed by atoms with van der Waals surface area (Å²) in [4.78, 5) is 11.1. The van der Waals surface area contributed by atoms with Crippen LogP contribution in [0.1, 0.15) is 85.0 Å². The highest BCUT2D eigenvalue weighted by atomic mass is 16.4. The highest BCUT2D eigenvalue weighted by molar-refractivity contribution is 5.66. The van der Waals surface area contributed by atoms with Crippen molar-refractivity contribution in [2.75, 3.05) is 0 Å². The van der Waals surface area contributed by atoms with E-state index in [1.165, 1.54) is 19.3 Å². The molecule has 0 bridgehead atoms. The van der Waals surface area contributed by atoms with Crippen molar-refractivity contribution in [1.29, 1.82) is 0 Å². The molecule has 3 N–H and O–H groups in total. The topological polar surface area (TPSA) is 77.8 Å². The Morgan fingerprint density at radius 2 is 1.79 bits per heavy atom. The molecule has 0 aromatic rings. The highest BCUT2D eigenvalue weighted by Gasteiger charge is 2.63. The van der Waals surface area contributed by atoms with Gasteiger partial charge in [-0.05, 0) is 104 Å². The molecule has 0 aromatic carbocycles. The zero-order chi connectivity index (χ0) is 20.3. The van der Waals surface area contributed by atoms with Crippen molar-refractivity contribution in [2.24, 2.45) is 46.3 Å². The number of aliphatic hydroxyl groups is 2. The lowest BCUT2D eigenvalue weighted by molar-refractivity contribution is -0.175. The summed E-state index contributed by atoms with van der Waals surface area (Å²) in [6.07, 6.45) is 9.26. The number of hydrogen-bond acceptors (Lipinski definition) is 3. The zero-order valence-corrected chi connectivity index (χ0v) is 17.9. The highest BCUT2D eigenvalue weighted by Crippen LogP contribution is 2.68. The quantitative estimate of drug-likeness (QED) is 0.659. The van der Waals surface area contributed by atoms with Crippen molar-refractivity contribution in [3.63, 3.8) is 0 Å². The first-order valence-corrected chi connectivity index (χ1v) is 11.8. The minimum Gasteiger partial charge on any atom is -0.481 e. The summed E-state index contributed by atoms with van der Waals surface area (Å²) in [5.41, 5.74) is 0.216. The zero-order valence-electron chi connectivity index (χ0n) is 17.9. The maximum absolute atomic E-state index is 11.5. The molecule has 0 heterocycles. The molecule has 160 valence electrons. The van der Waals surface area contributed by atoms with Crippen LogP contribution in [0.2, 0.25) is 0 Å². The molecule has 4 aliphatic rings. The predicted octanol–water partition coefficient (Wildman–Crippen LogP) is 4.48. The largest absolute Gasteiger partial charge is 0.481 e. The van der Waals surface area contributed by atoms with Crippen LogP contribution in [0.5, 0.6) is 0 Å². The lowest BCUT2D eigenvalue weighted by atomic mass is 9.43. The molecule has 4 aliphatic carbocycles. The number of fused-ring (bicyclic) bond motifs is 5. The third-order valence-corrected chi connectivity index (χ3v) is 10.3. The smallest absolute Gasteiger partial charge is 0.303 e. The fraction of sp³-hybridized carbons (Fsp3) is 0.958. The summed E-state index contributed by atoms with van der Waals surface area (Å²) < 4.78 is 0. The molecule has 0 saturated heterocycles. The second kappa shape index (κ2) is 7.27. The molecule has 4 fully saturated rings. The first-order valence-electron chi connectivity index (χ1n) is 11.8. The van der Waals surface area contributed by atoms with Crippen molar-refractivity contribution < 1.29 is 20.1 Å². The Labute approximate surface area is 170 Å². The van der Waals surface area contributed by atoms with E-state index >= 15 is 0 Å². The molecule has 0 radical (unpaired) electrons. The summed E-state index contributed by atoms with van der Waals surface area (Å²) in [7, 11) is 0. The van der Waals surface area contributed by atoms with E-state index in [9.17, 15) is 15.0 Å². The maximum atomic E-state index is 11.5. The van der Waals surface area contributed by atoms with Gasteiger partial charge in [-0.2, -0.15) is 0 Å². The first kappa shape index (κ1) is 20.7. The van der Waals surface area contributed by atoms with Crippen LogP contribution in [0, 0.1) is 46.3 Å². The summed E-state index contributed by atoms with van der Waals surface area (Å²) in [6.45, 7) is 6.99. The van der Waals surface area contributed by atoms with Gasteiger partial charge >= 0.3 is 5.97 Å². The van der Waals surface area contributed by atoms with E-state index in [2.05, 4.69) is 20.8 Å². The number of rotatable bonds is 4. The number of aliphatic hydroxyl groups excluding tert-OH is 2. The second-order valence-electron chi connectivity index (χ2n) is 11.3. The van der Waals surface area contributed by atoms with E-state index < -0.39 is 5.97 Å². The Balaban J connectivity index is 1.56. The van der Waals surface area contributed by atoms with Gasteiger partial charge in [-0.15, -0.1) is 0 Å². The minimum atomic E-state index is -0.707. The van der Waals surface area contributed by atoms with Crippen LogP contribution in [0.15, 0.2) is 0 Å². The van der Waals surface area contributed by atoms with Gasteiger partial charge < -0.3 is 15.3 Å². The van der Waals surface area contributed by atoms with Gasteiger partial charge in [-0.3, -0.25) is 4.79 Å². The number of aliphatic carboxylic acids is 1. The van der Waals surface area contributed by atoms with E-state index in [-0.39, 0.29) is 29.5 Å². The summed E-state index contributed by atoms with van der Waals surface area (Å²) in [6, 6.07) is 0. The van der Waals surface area contributed by atoms with Gasteiger partial charge in [0, 0.05) is 6.42 Å². The minimum absolute atomic E-state index is 0.0591. The number of hydrogen-bond donors (Lipinski definition) is 3. The van der Waals surface area contributed by atoms with Crippen molar-refractivity contribution in [1.82, 2.24) is 0 Å². The third kappa shape index (κ3) is 3.05. The molecular weight excluding hydrogens is 352 g/mol. The van der Waals surface area contributed by atoms with E-state index in [1.807, 2.05) is 0 Å². The van der Waals surface area contributed by atoms with Gasteiger partial charge in [-0.25, -0.2) is 0 Å². The molecule has 0 spiro atoms. The maximum Gasteiger partial charge on any atom is 0.303 e. The molecule has 2 unspecified atom stereocenters. The molecule has 0 amide bonds. The molecule has 4 nitrogen and oxygen atoms in total. The van der Waals surface area contributed by atoms with Crippen molar-refractivity contribution >= 4 is 5.97 Å². The second-order valence-corrected chi connectivity index (χ2v) is 11.3. The number of carboxylic acids is 1. The Morgan fingerprint density at radius 1 is 1.04 bits per heavy atom. The van der Waals surface area contributed by atoms with Crippen molar-refractivity contribution in [3.8, 4) is 0 Å². The van der Waals surface area contributed by atoms with E-state index in [1.54, 1.807) is 0 Å². The Hall–Kier alpha value is -0.610. The standard InChI is InChI=1S/C24H40O4/c1-14(4-9-22(27)28)18-7-8-19-17-6-5-15-12-16(25)10-11-23(15,2)20(17)13-21(26)24(18,19)3/h14-21,25-26H,4-13H2,1-3H3,(H,27,28)/t14?,15-,16+,17+,18-,19+,20?,21+,23+,24-/m0/s1.